The number of aromatic nitrogens is 3. The third-order valence-corrected chi connectivity index (χ3v) is 8.89. The average molecular weight is 550 g/mol. The zero-order valence-electron chi connectivity index (χ0n) is 23.0. The summed E-state index contributed by atoms with van der Waals surface area (Å²) in [4.78, 5) is 5.39. The zero-order valence-corrected chi connectivity index (χ0v) is 23.0. The van der Waals surface area contributed by atoms with Gasteiger partial charge in [-0.3, -0.25) is 8.97 Å². The van der Waals surface area contributed by atoms with Gasteiger partial charge in [0.1, 0.15) is 22.3 Å². The zero-order chi connectivity index (χ0) is 28.1. The lowest BCUT2D eigenvalue weighted by Gasteiger charge is -2.10. The van der Waals surface area contributed by atoms with Crippen molar-refractivity contribution in [1.29, 1.82) is 0 Å². The maximum atomic E-state index is 6.12. The highest BCUT2D eigenvalue weighted by atomic mass is 16.3. The molecule has 0 saturated carbocycles. The fraction of sp³-hybridized carbons (Fsp3) is 0. The normalized spacial score (nSPS) is 12.2. The quantitative estimate of drug-likeness (QED) is 0.201. The van der Waals surface area contributed by atoms with Gasteiger partial charge in [0, 0.05) is 32.6 Å². The van der Waals surface area contributed by atoms with Gasteiger partial charge in [-0.2, -0.15) is 0 Å². The molecule has 4 nitrogen and oxygen atoms in total. The Morgan fingerprint density at radius 2 is 1.09 bits per heavy atom. The Bertz CT molecular complexity index is 2730. The molecule has 0 fully saturated rings. The summed E-state index contributed by atoms with van der Waals surface area (Å²) in [6.07, 6.45) is 0. The van der Waals surface area contributed by atoms with Crippen molar-refractivity contribution in [3.63, 3.8) is 0 Å². The summed E-state index contributed by atoms with van der Waals surface area (Å²) in [6.45, 7) is 0. The third-order valence-electron chi connectivity index (χ3n) is 8.89. The smallest absolute Gasteiger partial charge is 0.165 e. The van der Waals surface area contributed by atoms with Crippen LogP contribution >= 0.6 is 0 Å². The van der Waals surface area contributed by atoms with E-state index in [4.69, 9.17) is 9.40 Å². The summed E-state index contributed by atoms with van der Waals surface area (Å²) < 4.78 is 10.8. The first-order valence-corrected chi connectivity index (χ1v) is 14.6. The molecule has 4 heterocycles. The Labute approximate surface area is 245 Å². The van der Waals surface area contributed by atoms with Crippen LogP contribution < -0.4 is 0 Å². The number of nitrogens with zero attached hydrogens (tertiary/aromatic N) is 3. The van der Waals surface area contributed by atoms with Crippen molar-refractivity contribution in [3.05, 3.63) is 140 Å². The van der Waals surface area contributed by atoms with Gasteiger partial charge in [0.05, 0.1) is 11.0 Å². The molecular formula is C39H23N3O. The Kier molecular flexibility index (Phi) is 4.42. The van der Waals surface area contributed by atoms with Crippen LogP contribution in [-0.2, 0) is 0 Å². The van der Waals surface area contributed by atoms with Crippen molar-refractivity contribution in [3.8, 4) is 16.8 Å². The molecule has 0 amide bonds. The number of benzene rings is 6. The summed E-state index contributed by atoms with van der Waals surface area (Å²) in [5.41, 5.74) is 10.6. The summed E-state index contributed by atoms with van der Waals surface area (Å²) in [5.74, 6) is 0. The van der Waals surface area contributed by atoms with Crippen molar-refractivity contribution in [1.82, 2.24) is 14.0 Å². The number of hydrogen-bond acceptors (Lipinski definition) is 2. The Hall–Kier alpha value is -5.87. The predicted molar refractivity (Wildman–Crippen MR) is 177 cm³/mol. The van der Waals surface area contributed by atoms with Crippen molar-refractivity contribution in [2.75, 3.05) is 0 Å². The molecule has 0 spiro atoms. The second kappa shape index (κ2) is 8.34. The second-order valence-electron chi connectivity index (χ2n) is 11.2. The second-order valence-corrected chi connectivity index (χ2v) is 11.2. The van der Waals surface area contributed by atoms with E-state index < -0.39 is 0 Å². The lowest BCUT2D eigenvalue weighted by atomic mass is 10.0. The molecule has 0 aliphatic carbocycles. The first kappa shape index (κ1) is 22.8. The number of para-hydroxylation sites is 3. The fourth-order valence-corrected chi connectivity index (χ4v) is 6.99. The van der Waals surface area contributed by atoms with Crippen LogP contribution in [0, 0.1) is 0 Å². The molecule has 10 aromatic rings. The highest BCUT2D eigenvalue weighted by Crippen LogP contribution is 2.40. The van der Waals surface area contributed by atoms with Gasteiger partial charge < -0.3 is 4.42 Å². The minimum absolute atomic E-state index is 0.906. The van der Waals surface area contributed by atoms with Crippen LogP contribution in [0.5, 0.6) is 0 Å². The Balaban J connectivity index is 1.36. The van der Waals surface area contributed by atoms with E-state index in [2.05, 4.69) is 136 Å². The fourth-order valence-electron chi connectivity index (χ4n) is 6.99. The van der Waals surface area contributed by atoms with E-state index in [1.165, 1.54) is 16.2 Å². The molecule has 0 saturated heterocycles. The summed E-state index contributed by atoms with van der Waals surface area (Å²) in [6, 6.07) is 49.4. The van der Waals surface area contributed by atoms with Gasteiger partial charge in [-0.15, -0.1) is 0 Å². The van der Waals surface area contributed by atoms with Gasteiger partial charge in [0.2, 0.25) is 0 Å². The standard InChI is InChI=1S/C39H23N3O/c1-2-10-26(11-3-1)41-34-20-18-24(25-19-21-36-31(22-25)29-14-7-9-17-35(29)43-36)23-32(34)37-39(41)40-38-30-15-5-4-12-27(30)28-13-6-8-16-33(28)42(37)38/h1-23H. The van der Waals surface area contributed by atoms with Crippen LogP contribution in [0.2, 0.25) is 0 Å². The van der Waals surface area contributed by atoms with Crippen molar-refractivity contribution >= 4 is 71.3 Å². The first-order chi connectivity index (χ1) is 21.3. The van der Waals surface area contributed by atoms with Crippen molar-refractivity contribution in [2.45, 2.75) is 0 Å². The van der Waals surface area contributed by atoms with E-state index >= 15 is 0 Å². The van der Waals surface area contributed by atoms with Gasteiger partial charge in [0.25, 0.3) is 0 Å². The Morgan fingerprint density at radius 1 is 0.442 bits per heavy atom. The maximum absolute atomic E-state index is 6.12. The van der Waals surface area contributed by atoms with Crippen LogP contribution in [-0.4, -0.2) is 14.0 Å². The third kappa shape index (κ3) is 3.07. The SMILES string of the molecule is c1ccc(-n2c3ccc(-c4ccc5oc6ccccc6c5c4)cc3c3c2nc2c4ccccc4c4ccccc4n23)cc1. The molecule has 0 radical (unpaired) electrons. The molecule has 0 atom stereocenters. The van der Waals surface area contributed by atoms with E-state index in [-0.39, 0.29) is 0 Å². The summed E-state index contributed by atoms with van der Waals surface area (Å²) in [7, 11) is 0. The van der Waals surface area contributed by atoms with E-state index in [1.807, 2.05) is 12.1 Å². The number of imidazole rings is 1. The maximum Gasteiger partial charge on any atom is 0.165 e. The van der Waals surface area contributed by atoms with E-state index in [9.17, 15) is 0 Å². The molecule has 0 aliphatic heterocycles. The van der Waals surface area contributed by atoms with Crippen LogP contribution in [0.1, 0.15) is 0 Å². The molecule has 6 aromatic carbocycles. The van der Waals surface area contributed by atoms with Crippen LogP contribution in [0.15, 0.2) is 144 Å². The van der Waals surface area contributed by atoms with Gasteiger partial charge in [-0.05, 0) is 65.0 Å². The number of fused-ring (bicyclic) bond motifs is 13. The summed E-state index contributed by atoms with van der Waals surface area (Å²) >= 11 is 0. The number of hydrogen-bond donors (Lipinski definition) is 0. The Morgan fingerprint density at radius 3 is 1.95 bits per heavy atom. The minimum Gasteiger partial charge on any atom is -0.456 e. The average Bonchev–Trinajstić information content (AvgIpc) is 3.74. The molecular weight excluding hydrogens is 526 g/mol. The summed E-state index contributed by atoms with van der Waals surface area (Å²) in [5, 5.41) is 7.03. The first-order valence-electron chi connectivity index (χ1n) is 14.6. The van der Waals surface area contributed by atoms with E-state index in [1.54, 1.807) is 0 Å². The van der Waals surface area contributed by atoms with Gasteiger partial charge >= 0.3 is 0 Å². The lowest BCUT2D eigenvalue weighted by Crippen LogP contribution is -1.94. The highest BCUT2D eigenvalue weighted by molar-refractivity contribution is 6.18. The highest BCUT2D eigenvalue weighted by Gasteiger charge is 2.22. The molecule has 4 aromatic heterocycles. The number of pyridine rings is 1. The predicted octanol–water partition coefficient (Wildman–Crippen LogP) is 10.3. The topological polar surface area (TPSA) is 35.4 Å². The van der Waals surface area contributed by atoms with Crippen LogP contribution in [0.25, 0.3) is 88.1 Å². The largest absolute Gasteiger partial charge is 0.456 e. The molecule has 43 heavy (non-hydrogen) atoms. The molecule has 200 valence electrons. The minimum atomic E-state index is 0.906. The van der Waals surface area contributed by atoms with Crippen LogP contribution in [0.3, 0.4) is 0 Å². The molecule has 0 unspecified atom stereocenters. The van der Waals surface area contributed by atoms with Crippen LogP contribution in [0.4, 0.5) is 0 Å². The monoisotopic (exact) mass is 549 g/mol. The molecule has 4 heteroatoms. The van der Waals surface area contributed by atoms with Crippen molar-refractivity contribution < 1.29 is 4.42 Å². The van der Waals surface area contributed by atoms with Gasteiger partial charge in [-0.1, -0.05) is 91.0 Å². The number of rotatable bonds is 2. The van der Waals surface area contributed by atoms with Crippen molar-refractivity contribution in [2.24, 2.45) is 0 Å². The molecule has 10 rings (SSSR count). The van der Waals surface area contributed by atoms with Gasteiger partial charge in [0.15, 0.2) is 5.65 Å². The molecule has 0 N–H and O–H groups in total. The van der Waals surface area contributed by atoms with E-state index in [0.29, 0.717) is 0 Å². The molecule has 0 aliphatic rings. The lowest BCUT2D eigenvalue weighted by molar-refractivity contribution is 0.669. The number of furan rings is 1. The van der Waals surface area contributed by atoms with E-state index in [0.717, 1.165) is 72.0 Å². The van der Waals surface area contributed by atoms with Gasteiger partial charge in [-0.25, -0.2) is 4.98 Å². The molecule has 0 bridgehead atoms.